The van der Waals surface area contributed by atoms with E-state index < -0.39 is 0 Å². The SMILES string of the molecule is COC[C@@H](NC(=O)c1cc2ccccc2s1)c1ccnn1C. The summed E-state index contributed by atoms with van der Waals surface area (Å²) in [6.07, 6.45) is 1.71. The number of rotatable bonds is 5. The molecule has 0 bridgehead atoms. The van der Waals surface area contributed by atoms with E-state index in [1.54, 1.807) is 18.0 Å². The average molecular weight is 315 g/mol. The van der Waals surface area contributed by atoms with E-state index in [1.807, 2.05) is 43.4 Å². The van der Waals surface area contributed by atoms with Crippen molar-refractivity contribution in [2.45, 2.75) is 6.04 Å². The van der Waals surface area contributed by atoms with Crippen LogP contribution in [0.4, 0.5) is 0 Å². The molecule has 3 rings (SSSR count). The molecule has 0 saturated heterocycles. The molecule has 0 aliphatic rings. The van der Waals surface area contributed by atoms with Gasteiger partial charge in [-0.15, -0.1) is 11.3 Å². The normalized spacial score (nSPS) is 12.5. The highest BCUT2D eigenvalue weighted by Crippen LogP contribution is 2.25. The number of aryl methyl sites for hydroxylation is 1. The van der Waals surface area contributed by atoms with Crippen molar-refractivity contribution in [3.8, 4) is 0 Å². The van der Waals surface area contributed by atoms with Gasteiger partial charge >= 0.3 is 0 Å². The van der Waals surface area contributed by atoms with Crippen LogP contribution in [0.2, 0.25) is 0 Å². The van der Waals surface area contributed by atoms with E-state index >= 15 is 0 Å². The molecule has 1 aromatic carbocycles. The maximum Gasteiger partial charge on any atom is 0.262 e. The zero-order valence-electron chi connectivity index (χ0n) is 12.4. The summed E-state index contributed by atoms with van der Waals surface area (Å²) >= 11 is 1.49. The number of amides is 1. The first kappa shape index (κ1) is 14.7. The van der Waals surface area contributed by atoms with Gasteiger partial charge < -0.3 is 10.1 Å². The summed E-state index contributed by atoms with van der Waals surface area (Å²) in [6, 6.07) is 11.6. The largest absolute Gasteiger partial charge is 0.382 e. The lowest BCUT2D eigenvalue weighted by molar-refractivity contribution is 0.0896. The second kappa shape index (κ2) is 6.29. The van der Waals surface area contributed by atoms with Crippen LogP contribution in [0.5, 0.6) is 0 Å². The molecule has 2 heterocycles. The zero-order chi connectivity index (χ0) is 15.5. The van der Waals surface area contributed by atoms with E-state index in [4.69, 9.17) is 4.74 Å². The van der Waals surface area contributed by atoms with Crippen LogP contribution in [0.15, 0.2) is 42.6 Å². The van der Waals surface area contributed by atoms with Crippen LogP contribution in [-0.4, -0.2) is 29.4 Å². The molecule has 0 saturated carbocycles. The summed E-state index contributed by atoms with van der Waals surface area (Å²) in [5, 5.41) is 8.26. The predicted molar refractivity (Wildman–Crippen MR) is 87.1 cm³/mol. The Morgan fingerprint density at radius 3 is 2.91 bits per heavy atom. The molecule has 2 aromatic heterocycles. The molecule has 22 heavy (non-hydrogen) atoms. The number of carbonyl (C=O) groups excluding carboxylic acids is 1. The third kappa shape index (κ3) is 2.88. The highest BCUT2D eigenvalue weighted by molar-refractivity contribution is 7.20. The predicted octanol–water partition coefficient (Wildman–Crippen LogP) is 2.75. The van der Waals surface area contributed by atoms with E-state index in [-0.39, 0.29) is 11.9 Å². The topological polar surface area (TPSA) is 56.1 Å². The second-order valence-corrected chi connectivity index (χ2v) is 6.09. The van der Waals surface area contributed by atoms with Gasteiger partial charge in [0.2, 0.25) is 0 Å². The summed E-state index contributed by atoms with van der Waals surface area (Å²) in [6.45, 7) is 0.399. The van der Waals surface area contributed by atoms with Crippen LogP contribution >= 0.6 is 11.3 Å². The van der Waals surface area contributed by atoms with Gasteiger partial charge in [-0.25, -0.2) is 0 Å². The molecular weight excluding hydrogens is 298 g/mol. The minimum atomic E-state index is -0.227. The number of benzene rings is 1. The van der Waals surface area contributed by atoms with E-state index in [0.29, 0.717) is 11.5 Å². The molecule has 0 aliphatic heterocycles. The fraction of sp³-hybridized carbons (Fsp3) is 0.250. The van der Waals surface area contributed by atoms with Crippen molar-refractivity contribution in [1.82, 2.24) is 15.1 Å². The Morgan fingerprint density at radius 2 is 2.23 bits per heavy atom. The lowest BCUT2D eigenvalue weighted by Gasteiger charge is -2.17. The van der Waals surface area contributed by atoms with Crippen LogP contribution in [-0.2, 0) is 11.8 Å². The van der Waals surface area contributed by atoms with Crippen molar-refractivity contribution in [2.24, 2.45) is 7.05 Å². The Bertz CT molecular complexity index is 760. The average Bonchev–Trinajstić information content (AvgIpc) is 3.12. The summed E-state index contributed by atoms with van der Waals surface area (Å²) in [7, 11) is 3.47. The van der Waals surface area contributed by atoms with Crippen LogP contribution in [0.3, 0.4) is 0 Å². The van der Waals surface area contributed by atoms with Crippen LogP contribution in [0.25, 0.3) is 10.1 Å². The third-order valence-electron chi connectivity index (χ3n) is 3.50. The van der Waals surface area contributed by atoms with E-state index in [1.165, 1.54) is 11.3 Å². The molecule has 6 heteroatoms. The summed E-state index contributed by atoms with van der Waals surface area (Å²) in [5.41, 5.74) is 0.913. The lowest BCUT2D eigenvalue weighted by Crippen LogP contribution is -2.32. The summed E-state index contributed by atoms with van der Waals surface area (Å²) in [4.78, 5) is 13.2. The van der Waals surface area contributed by atoms with E-state index in [9.17, 15) is 4.79 Å². The molecule has 114 valence electrons. The molecule has 1 amide bonds. The van der Waals surface area contributed by atoms with Gasteiger partial charge in [-0.05, 0) is 23.6 Å². The summed E-state index contributed by atoms with van der Waals surface area (Å²) in [5.74, 6) is -0.0931. The van der Waals surface area contributed by atoms with Gasteiger partial charge in [-0.1, -0.05) is 18.2 Å². The molecule has 0 aliphatic carbocycles. The highest BCUT2D eigenvalue weighted by atomic mass is 32.1. The Balaban J connectivity index is 1.83. The maximum atomic E-state index is 12.5. The fourth-order valence-electron chi connectivity index (χ4n) is 2.42. The Kier molecular flexibility index (Phi) is 4.22. The second-order valence-electron chi connectivity index (χ2n) is 5.01. The molecule has 3 aromatic rings. The Morgan fingerprint density at radius 1 is 1.41 bits per heavy atom. The molecular formula is C16H17N3O2S. The maximum absolute atomic E-state index is 12.5. The Hall–Kier alpha value is -2.18. The van der Waals surface area contributed by atoms with E-state index in [2.05, 4.69) is 10.4 Å². The third-order valence-corrected chi connectivity index (χ3v) is 4.62. The fourth-order valence-corrected chi connectivity index (χ4v) is 3.38. The van der Waals surface area contributed by atoms with Gasteiger partial charge in [0.25, 0.3) is 5.91 Å². The van der Waals surface area contributed by atoms with Gasteiger partial charge in [0.1, 0.15) is 0 Å². The van der Waals surface area contributed by atoms with Crippen molar-refractivity contribution in [2.75, 3.05) is 13.7 Å². The minimum absolute atomic E-state index is 0.0931. The van der Waals surface area contributed by atoms with Crippen LogP contribution in [0, 0.1) is 0 Å². The molecule has 0 unspecified atom stereocenters. The zero-order valence-corrected chi connectivity index (χ0v) is 13.3. The lowest BCUT2D eigenvalue weighted by atomic mass is 10.2. The number of methoxy groups -OCH3 is 1. The molecule has 0 fully saturated rings. The van der Waals surface area contributed by atoms with E-state index in [0.717, 1.165) is 15.8 Å². The van der Waals surface area contributed by atoms with Crippen LogP contribution in [0.1, 0.15) is 21.4 Å². The molecule has 0 radical (unpaired) electrons. The number of thiophene rings is 1. The van der Waals surface area contributed by atoms with Crippen molar-refractivity contribution >= 4 is 27.3 Å². The smallest absolute Gasteiger partial charge is 0.262 e. The number of hydrogen-bond donors (Lipinski definition) is 1. The first-order valence-electron chi connectivity index (χ1n) is 6.95. The van der Waals surface area contributed by atoms with Gasteiger partial charge in [-0.3, -0.25) is 9.48 Å². The van der Waals surface area contributed by atoms with Crippen molar-refractivity contribution in [1.29, 1.82) is 0 Å². The summed E-state index contributed by atoms with van der Waals surface area (Å²) < 4.78 is 8.08. The van der Waals surface area contributed by atoms with Gasteiger partial charge in [0.15, 0.2) is 0 Å². The van der Waals surface area contributed by atoms with Crippen molar-refractivity contribution in [3.63, 3.8) is 0 Å². The Labute approximate surface area is 132 Å². The number of nitrogens with one attached hydrogen (secondary N) is 1. The molecule has 5 nitrogen and oxygen atoms in total. The standard InChI is InChI=1S/C16H17N3O2S/c1-19-13(7-8-17-19)12(10-21-2)18-16(20)15-9-11-5-3-4-6-14(11)22-15/h3-9,12H,10H2,1-2H3,(H,18,20)/t12-/m1/s1. The highest BCUT2D eigenvalue weighted by Gasteiger charge is 2.19. The van der Waals surface area contributed by atoms with Crippen LogP contribution < -0.4 is 5.32 Å². The van der Waals surface area contributed by atoms with Gasteiger partial charge in [-0.2, -0.15) is 5.10 Å². The van der Waals surface area contributed by atoms with Gasteiger partial charge in [0, 0.05) is 25.1 Å². The minimum Gasteiger partial charge on any atom is -0.382 e. The number of fused-ring (bicyclic) bond motifs is 1. The monoisotopic (exact) mass is 315 g/mol. The molecule has 0 spiro atoms. The number of nitrogens with zero attached hydrogens (tertiary/aromatic N) is 2. The molecule has 1 N–H and O–H groups in total. The quantitative estimate of drug-likeness (QED) is 0.787. The number of carbonyl (C=O) groups is 1. The number of ether oxygens (including phenoxy) is 1. The molecule has 1 atom stereocenters. The number of hydrogen-bond acceptors (Lipinski definition) is 4. The van der Waals surface area contributed by atoms with Crippen molar-refractivity contribution in [3.05, 3.63) is 53.2 Å². The van der Waals surface area contributed by atoms with Gasteiger partial charge in [0.05, 0.1) is 23.2 Å². The number of aromatic nitrogens is 2. The van der Waals surface area contributed by atoms with Crippen molar-refractivity contribution < 1.29 is 9.53 Å². The first-order chi connectivity index (χ1) is 10.7. The first-order valence-corrected chi connectivity index (χ1v) is 7.77.